The molecule has 7 aromatic rings. The molecule has 0 spiro atoms. The highest BCUT2D eigenvalue weighted by Gasteiger charge is 2.51. The predicted octanol–water partition coefficient (Wildman–Crippen LogP) is 11.3. The van der Waals surface area contributed by atoms with E-state index in [0.29, 0.717) is 0 Å². The topological polar surface area (TPSA) is 34.8 Å². The molecule has 50 heavy (non-hydrogen) atoms. The van der Waals surface area contributed by atoms with Crippen LogP contribution in [0.2, 0.25) is 0 Å². The van der Waals surface area contributed by atoms with Gasteiger partial charge in [-0.15, -0.1) is 0 Å². The van der Waals surface area contributed by atoms with Crippen LogP contribution in [0.1, 0.15) is 52.7 Å². The largest absolute Gasteiger partial charge is 0.494 e. The van der Waals surface area contributed by atoms with Crippen LogP contribution < -0.4 is 10.4 Å². The van der Waals surface area contributed by atoms with Crippen LogP contribution >= 0.6 is 0 Å². The summed E-state index contributed by atoms with van der Waals surface area (Å²) in [4.78, 5) is 2.35. The number of anilines is 3. The number of benzene rings is 6. The van der Waals surface area contributed by atoms with E-state index in [1.165, 1.54) is 22.3 Å². The molecule has 0 amide bonds. The van der Waals surface area contributed by atoms with E-state index in [2.05, 4.69) is 168 Å². The highest BCUT2D eigenvalue weighted by atomic mass is 16.7. The molecule has 1 aliphatic carbocycles. The van der Waals surface area contributed by atoms with Gasteiger partial charge >= 0.3 is 7.12 Å². The van der Waals surface area contributed by atoms with Crippen LogP contribution in [0.4, 0.5) is 17.1 Å². The van der Waals surface area contributed by atoms with Crippen LogP contribution in [-0.4, -0.2) is 18.3 Å². The molecule has 9 rings (SSSR count). The highest BCUT2D eigenvalue weighted by molar-refractivity contribution is 6.62. The molecule has 0 radical (unpaired) electrons. The van der Waals surface area contributed by atoms with Crippen LogP contribution in [0.25, 0.3) is 44.2 Å². The number of hydrogen-bond donors (Lipinski definition) is 0. The lowest BCUT2D eigenvalue weighted by molar-refractivity contribution is 0.00578. The number of para-hydroxylation sites is 2. The van der Waals surface area contributed by atoms with Crippen molar-refractivity contribution in [3.63, 3.8) is 0 Å². The summed E-state index contributed by atoms with van der Waals surface area (Å²) in [5.41, 5.74) is 12.7. The third-order valence-corrected chi connectivity index (χ3v) is 11.3. The molecule has 0 saturated carbocycles. The van der Waals surface area contributed by atoms with E-state index in [4.69, 9.17) is 13.7 Å². The number of rotatable bonds is 5. The van der Waals surface area contributed by atoms with Crippen LogP contribution in [0.15, 0.2) is 138 Å². The van der Waals surface area contributed by atoms with Gasteiger partial charge in [0.1, 0.15) is 11.2 Å². The number of fused-ring (bicyclic) bond motifs is 6. The third-order valence-electron chi connectivity index (χ3n) is 11.3. The standard InChI is InChI=1S/C45H40BNO3/c1-43(2)39-16-9-7-12-35(39)36-27-26-33(28-40(36)43)47(32-24-20-30(21-25-32)46-49-44(3,4)45(5,6)50-46)31-22-18-29(19-23-31)34-14-11-15-38-37-13-8-10-17-41(37)48-42(34)38/h7-28H,1-6H3. The second-order valence-corrected chi connectivity index (χ2v) is 15.2. The maximum absolute atomic E-state index is 6.39. The minimum atomic E-state index is -0.415. The molecule has 1 saturated heterocycles. The van der Waals surface area contributed by atoms with Crippen molar-refractivity contribution in [2.45, 2.75) is 58.2 Å². The van der Waals surface area contributed by atoms with Crippen molar-refractivity contribution in [3.05, 3.63) is 145 Å². The Morgan fingerprint density at radius 3 is 1.82 bits per heavy atom. The SMILES string of the molecule is CC1(C)c2ccccc2-c2ccc(N(c3ccc(B4OC(C)(C)C(C)(C)O4)cc3)c3ccc(-c4cccc5c4oc4ccccc45)cc3)cc21. The zero-order chi connectivity index (χ0) is 34.4. The molecule has 2 heterocycles. The first kappa shape index (κ1) is 30.9. The fourth-order valence-electron chi connectivity index (χ4n) is 7.80. The molecular weight excluding hydrogens is 613 g/mol. The maximum atomic E-state index is 6.39. The predicted molar refractivity (Wildman–Crippen MR) is 207 cm³/mol. The Labute approximate surface area is 294 Å². The van der Waals surface area contributed by atoms with E-state index >= 15 is 0 Å². The smallest absolute Gasteiger partial charge is 0.455 e. The summed E-state index contributed by atoms with van der Waals surface area (Å²) >= 11 is 0. The molecule has 1 aromatic heterocycles. The zero-order valence-corrected chi connectivity index (χ0v) is 29.5. The average molecular weight is 654 g/mol. The van der Waals surface area contributed by atoms with Crippen LogP contribution in [0.5, 0.6) is 0 Å². The molecule has 246 valence electrons. The molecule has 2 aliphatic rings. The summed E-state index contributed by atoms with van der Waals surface area (Å²) in [6.07, 6.45) is 0. The maximum Gasteiger partial charge on any atom is 0.494 e. The number of hydrogen-bond acceptors (Lipinski definition) is 4. The van der Waals surface area contributed by atoms with Crippen LogP contribution in [0.3, 0.4) is 0 Å². The Morgan fingerprint density at radius 2 is 1.08 bits per heavy atom. The molecule has 0 unspecified atom stereocenters. The van der Waals surface area contributed by atoms with Crippen molar-refractivity contribution in [2.75, 3.05) is 4.90 Å². The van der Waals surface area contributed by atoms with Crippen molar-refractivity contribution in [1.29, 1.82) is 0 Å². The van der Waals surface area contributed by atoms with Crippen molar-refractivity contribution in [2.24, 2.45) is 0 Å². The van der Waals surface area contributed by atoms with Crippen molar-refractivity contribution in [1.82, 2.24) is 0 Å². The van der Waals surface area contributed by atoms with Gasteiger partial charge in [0, 0.05) is 38.8 Å². The molecule has 0 bridgehead atoms. The lowest BCUT2D eigenvalue weighted by Gasteiger charge is -2.32. The average Bonchev–Trinajstić information content (AvgIpc) is 3.69. The Balaban J connectivity index is 1.14. The quantitative estimate of drug-likeness (QED) is 0.173. The van der Waals surface area contributed by atoms with Gasteiger partial charge in [-0.1, -0.05) is 105 Å². The van der Waals surface area contributed by atoms with Gasteiger partial charge in [0.2, 0.25) is 0 Å². The summed E-state index contributed by atoms with van der Waals surface area (Å²) < 4.78 is 19.2. The minimum absolute atomic E-state index is 0.108. The Morgan fingerprint density at radius 1 is 0.500 bits per heavy atom. The fraction of sp³-hybridized carbons (Fsp3) is 0.200. The Hall–Kier alpha value is -5.10. The van der Waals surface area contributed by atoms with Gasteiger partial charge in [0.15, 0.2) is 0 Å². The molecule has 4 nitrogen and oxygen atoms in total. The van der Waals surface area contributed by atoms with Crippen LogP contribution in [-0.2, 0) is 14.7 Å². The molecule has 0 N–H and O–H groups in total. The molecule has 1 fully saturated rings. The highest BCUT2D eigenvalue weighted by Crippen LogP contribution is 2.50. The lowest BCUT2D eigenvalue weighted by atomic mass is 9.79. The lowest BCUT2D eigenvalue weighted by Crippen LogP contribution is -2.41. The van der Waals surface area contributed by atoms with Gasteiger partial charge in [-0.05, 0) is 103 Å². The van der Waals surface area contributed by atoms with Gasteiger partial charge in [0.05, 0.1) is 11.2 Å². The summed E-state index contributed by atoms with van der Waals surface area (Å²) in [5.74, 6) is 0. The Bertz CT molecular complexity index is 2400. The molecule has 1 aliphatic heterocycles. The van der Waals surface area contributed by atoms with Gasteiger partial charge < -0.3 is 18.6 Å². The van der Waals surface area contributed by atoms with E-state index < -0.39 is 18.3 Å². The molecule has 0 atom stereocenters. The monoisotopic (exact) mass is 653 g/mol. The number of furan rings is 1. The summed E-state index contributed by atoms with van der Waals surface area (Å²) in [6.45, 7) is 13.0. The van der Waals surface area contributed by atoms with Crippen molar-refractivity contribution in [3.8, 4) is 22.3 Å². The number of nitrogens with zero attached hydrogens (tertiary/aromatic N) is 1. The molecule has 5 heteroatoms. The first-order chi connectivity index (χ1) is 24.0. The first-order valence-corrected chi connectivity index (χ1v) is 17.5. The van der Waals surface area contributed by atoms with Crippen LogP contribution in [0, 0.1) is 0 Å². The van der Waals surface area contributed by atoms with E-state index in [1.54, 1.807) is 0 Å². The minimum Gasteiger partial charge on any atom is -0.455 e. The van der Waals surface area contributed by atoms with Gasteiger partial charge in [-0.25, -0.2) is 0 Å². The van der Waals surface area contributed by atoms with Crippen molar-refractivity contribution < 1.29 is 13.7 Å². The van der Waals surface area contributed by atoms with E-state index in [0.717, 1.165) is 55.6 Å². The van der Waals surface area contributed by atoms with Gasteiger partial charge in [-0.2, -0.15) is 0 Å². The van der Waals surface area contributed by atoms with Gasteiger partial charge in [0.25, 0.3) is 0 Å². The van der Waals surface area contributed by atoms with E-state index in [1.807, 2.05) is 12.1 Å². The zero-order valence-electron chi connectivity index (χ0n) is 29.5. The Kier molecular flexibility index (Phi) is 6.77. The summed E-state index contributed by atoms with van der Waals surface area (Å²) in [7, 11) is -0.415. The second-order valence-electron chi connectivity index (χ2n) is 15.2. The van der Waals surface area contributed by atoms with E-state index in [9.17, 15) is 0 Å². The van der Waals surface area contributed by atoms with Crippen molar-refractivity contribution >= 4 is 51.6 Å². The fourth-order valence-corrected chi connectivity index (χ4v) is 7.80. The van der Waals surface area contributed by atoms with E-state index in [-0.39, 0.29) is 5.41 Å². The van der Waals surface area contributed by atoms with Gasteiger partial charge in [-0.3, -0.25) is 0 Å². The summed E-state index contributed by atoms with van der Waals surface area (Å²) in [5, 5.41) is 2.27. The molecule has 6 aromatic carbocycles. The summed E-state index contributed by atoms with van der Waals surface area (Å²) in [6, 6.07) is 47.8. The normalized spacial score (nSPS) is 16.9. The third kappa shape index (κ3) is 4.68. The molecular formula is C45H40BNO3. The first-order valence-electron chi connectivity index (χ1n) is 17.5. The second kappa shape index (κ2) is 11.0.